The Morgan fingerprint density at radius 2 is 1.71 bits per heavy atom. The lowest BCUT2D eigenvalue weighted by atomic mass is 10.1. The summed E-state index contributed by atoms with van der Waals surface area (Å²) < 4.78 is -1.77. The van der Waals surface area contributed by atoms with Gasteiger partial charge >= 0.3 is 0 Å². The summed E-state index contributed by atoms with van der Waals surface area (Å²) in [6, 6.07) is 4.97. The molecule has 1 atom stereocenters. The molecule has 3 nitrogen and oxygen atoms in total. The average molecular weight is 393 g/mol. The van der Waals surface area contributed by atoms with Crippen molar-refractivity contribution in [1.82, 2.24) is 5.32 Å². The number of anilines is 1. The van der Waals surface area contributed by atoms with E-state index in [1.165, 1.54) is 0 Å². The Morgan fingerprint density at radius 3 is 2.14 bits per heavy atom. The molecule has 0 radical (unpaired) electrons. The van der Waals surface area contributed by atoms with E-state index in [0.29, 0.717) is 22.2 Å². The molecule has 21 heavy (non-hydrogen) atoms. The summed E-state index contributed by atoms with van der Waals surface area (Å²) in [5.41, 5.74) is 0.391. The van der Waals surface area contributed by atoms with Crippen molar-refractivity contribution in [3.05, 3.63) is 28.2 Å². The van der Waals surface area contributed by atoms with Gasteiger partial charge in [0, 0.05) is 6.42 Å². The molecule has 0 spiro atoms. The highest BCUT2D eigenvalue weighted by atomic mass is 35.6. The number of alkyl halides is 3. The third kappa shape index (κ3) is 6.29. The Morgan fingerprint density at radius 1 is 1.19 bits per heavy atom. The van der Waals surface area contributed by atoms with E-state index < -0.39 is 9.96 Å². The van der Waals surface area contributed by atoms with Crippen molar-refractivity contribution in [3.63, 3.8) is 0 Å². The highest BCUT2D eigenvalue weighted by Crippen LogP contribution is 2.35. The van der Waals surface area contributed by atoms with Gasteiger partial charge in [0.15, 0.2) is 0 Å². The van der Waals surface area contributed by atoms with Crippen molar-refractivity contribution < 1.29 is 4.79 Å². The average Bonchev–Trinajstić information content (AvgIpc) is 2.30. The van der Waals surface area contributed by atoms with Crippen LogP contribution in [0.4, 0.5) is 5.69 Å². The van der Waals surface area contributed by atoms with Crippen LogP contribution in [-0.2, 0) is 4.79 Å². The second kappa shape index (κ2) is 7.98. The maximum atomic E-state index is 11.9. The number of nitrogens with one attached hydrogen (secondary N) is 2. The van der Waals surface area contributed by atoms with Crippen LogP contribution >= 0.6 is 58.0 Å². The summed E-state index contributed by atoms with van der Waals surface area (Å²) >= 11 is 29.8. The van der Waals surface area contributed by atoms with Crippen molar-refractivity contribution >= 4 is 69.6 Å². The first-order valence-electron chi connectivity index (χ1n) is 6.18. The van der Waals surface area contributed by atoms with Crippen molar-refractivity contribution in [2.75, 3.05) is 5.32 Å². The fourth-order valence-electron chi connectivity index (χ4n) is 1.57. The topological polar surface area (TPSA) is 41.1 Å². The molecule has 1 rings (SSSR count). The van der Waals surface area contributed by atoms with Gasteiger partial charge in [-0.25, -0.2) is 0 Å². The van der Waals surface area contributed by atoms with Crippen LogP contribution in [-0.4, -0.2) is 15.9 Å². The zero-order chi connectivity index (χ0) is 16.2. The minimum Gasteiger partial charge on any atom is -0.359 e. The molecule has 2 N–H and O–H groups in total. The third-order valence-electron chi connectivity index (χ3n) is 2.48. The van der Waals surface area contributed by atoms with Gasteiger partial charge in [-0.15, -0.1) is 0 Å². The lowest BCUT2D eigenvalue weighted by molar-refractivity contribution is -0.122. The van der Waals surface area contributed by atoms with Gasteiger partial charge in [-0.1, -0.05) is 77.9 Å². The molecule has 8 heteroatoms. The Hall–Kier alpha value is -0.0600. The summed E-state index contributed by atoms with van der Waals surface area (Å²) in [6.07, 6.45) is -0.652. The quantitative estimate of drug-likeness (QED) is 0.530. The second-order valence-corrected chi connectivity index (χ2v) is 8.06. The lowest BCUT2D eigenvalue weighted by Crippen LogP contribution is -2.49. The van der Waals surface area contributed by atoms with Crippen LogP contribution in [0, 0.1) is 5.92 Å². The molecule has 0 heterocycles. The molecule has 0 aliphatic heterocycles. The third-order valence-corrected chi connectivity index (χ3v) is 3.76. The van der Waals surface area contributed by atoms with E-state index in [-0.39, 0.29) is 11.8 Å². The van der Waals surface area contributed by atoms with Gasteiger partial charge in [0.05, 0.1) is 15.7 Å². The fraction of sp³-hybridized carbons (Fsp3) is 0.462. The van der Waals surface area contributed by atoms with Crippen LogP contribution in [0.3, 0.4) is 0 Å². The van der Waals surface area contributed by atoms with Gasteiger partial charge in [0.2, 0.25) is 9.70 Å². The van der Waals surface area contributed by atoms with Gasteiger partial charge in [-0.2, -0.15) is 0 Å². The standard InChI is InChI=1S/C13H15Cl5N2O/c1-7(2)6-10(21)19-12(13(16,17)18)20-11-8(14)4-3-5-9(11)15/h3-5,7,12,20H,6H2,1-2H3,(H,19,21)/t12-/m1/s1. The molecule has 0 bridgehead atoms. The number of carbonyl (C=O) groups is 1. The summed E-state index contributed by atoms with van der Waals surface area (Å²) in [5.74, 6) is -0.0538. The first-order valence-corrected chi connectivity index (χ1v) is 8.07. The molecule has 0 saturated heterocycles. The van der Waals surface area contributed by atoms with Gasteiger partial charge in [-0.3, -0.25) is 4.79 Å². The maximum absolute atomic E-state index is 11.9. The predicted molar refractivity (Wildman–Crippen MR) is 91.8 cm³/mol. The van der Waals surface area contributed by atoms with Crippen molar-refractivity contribution in [1.29, 1.82) is 0 Å². The number of benzene rings is 1. The van der Waals surface area contributed by atoms with Crippen molar-refractivity contribution in [2.45, 2.75) is 30.2 Å². The Bertz CT molecular complexity index is 482. The first kappa shape index (κ1) is 19.0. The summed E-state index contributed by atoms with van der Waals surface area (Å²) in [7, 11) is 0. The molecule has 0 saturated carbocycles. The molecule has 0 fully saturated rings. The van der Waals surface area contributed by atoms with Gasteiger partial charge in [0.1, 0.15) is 6.17 Å². The Kier molecular flexibility index (Phi) is 7.21. The Labute approximate surface area is 149 Å². The van der Waals surface area contributed by atoms with E-state index in [2.05, 4.69) is 10.6 Å². The molecular formula is C13H15Cl5N2O. The number of amides is 1. The lowest BCUT2D eigenvalue weighted by Gasteiger charge is -2.28. The number of hydrogen-bond acceptors (Lipinski definition) is 2. The highest BCUT2D eigenvalue weighted by molar-refractivity contribution is 6.68. The molecule has 118 valence electrons. The minimum atomic E-state index is -1.77. The number of carbonyl (C=O) groups excluding carboxylic acids is 1. The predicted octanol–water partition coefficient (Wildman–Crippen LogP) is 5.26. The van der Waals surface area contributed by atoms with Gasteiger partial charge in [-0.05, 0) is 18.1 Å². The van der Waals surface area contributed by atoms with Crippen LogP contribution in [0.2, 0.25) is 10.0 Å². The largest absolute Gasteiger partial charge is 0.359 e. The first-order chi connectivity index (χ1) is 9.61. The molecule has 1 aromatic rings. The maximum Gasteiger partial charge on any atom is 0.228 e. The monoisotopic (exact) mass is 390 g/mol. The normalized spacial score (nSPS) is 13.1. The number of hydrogen-bond donors (Lipinski definition) is 2. The number of halogens is 5. The Balaban J connectivity index is 2.92. The van der Waals surface area contributed by atoms with E-state index in [1.54, 1.807) is 18.2 Å². The highest BCUT2D eigenvalue weighted by Gasteiger charge is 2.34. The molecular weight excluding hydrogens is 377 g/mol. The van der Waals surface area contributed by atoms with Gasteiger partial charge in [0.25, 0.3) is 0 Å². The van der Waals surface area contributed by atoms with Crippen LogP contribution in [0.15, 0.2) is 18.2 Å². The van der Waals surface area contributed by atoms with Crippen LogP contribution < -0.4 is 10.6 Å². The summed E-state index contributed by atoms with van der Waals surface area (Å²) in [4.78, 5) is 11.9. The molecule has 0 aromatic heterocycles. The minimum absolute atomic E-state index is 0.185. The molecule has 0 aliphatic rings. The van der Waals surface area contributed by atoms with E-state index >= 15 is 0 Å². The molecule has 0 aliphatic carbocycles. The van der Waals surface area contributed by atoms with E-state index in [1.807, 2.05) is 13.8 Å². The summed E-state index contributed by atoms with van der Waals surface area (Å²) in [5, 5.41) is 6.22. The molecule has 1 aromatic carbocycles. The SMILES string of the molecule is CC(C)CC(=O)N[C@H](Nc1c(Cl)cccc1Cl)C(Cl)(Cl)Cl. The number of para-hydroxylation sites is 1. The van der Waals surface area contributed by atoms with E-state index in [4.69, 9.17) is 58.0 Å². The van der Waals surface area contributed by atoms with Gasteiger partial charge < -0.3 is 10.6 Å². The summed E-state index contributed by atoms with van der Waals surface area (Å²) in [6.45, 7) is 3.84. The molecule has 1 amide bonds. The van der Waals surface area contributed by atoms with Crippen molar-refractivity contribution in [2.24, 2.45) is 5.92 Å². The van der Waals surface area contributed by atoms with E-state index in [0.717, 1.165) is 0 Å². The van der Waals surface area contributed by atoms with E-state index in [9.17, 15) is 4.79 Å². The van der Waals surface area contributed by atoms with Crippen LogP contribution in [0.5, 0.6) is 0 Å². The second-order valence-electron chi connectivity index (χ2n) is 4.88. The van der Waals surface area contributed by atoms with Crippen LogP contribution in [0.1, 0.15) is 20.3 Å². The van der Waals surface area contributed by atoms with Crippen LogP contribution in [0.25, 0.3) is 0 Å². The zero-order valence-electron chi connectivity index (χ0n) is 11.4. The zero-order valence-corrected chi connectivity index (χ0v) is 15.2. The molecule has 0 unspecified atom stereocenters. The smallest absolute Gasteiger partial charge is 0.228 e. The van der Waals surface area contributed by atoms with Crippen molar-refractivity contribution in [3.8, 4) is 0 Å². The number of rotatable bonds is 5. The fourth-order valence-corrected chi connectivity index (χ4v) is 2.40.